The summed E-state index contributed by atoms with van der Waals surface area (Å²) >= 11 is 0. The molecule has 140 valence electrons. The largest absolute Gasteiger partial charge is 0.479 e. The Kier molecular flexibility index (Phi) is 3.58. The van der Waals surface area contributed by atoms with Crippen molar-refractivity contribution >= 4 is 6.09 Å². The summed E-state index contributed by atoms with van der Waals surface area (Å²) in [6, 6.07) is 14.2. The van der Waals surface area contributed by atoms with Crippen LogP contribution in [0.4, 0.5) is 4.79 Å². The lowest BCUT2D eigenvalue weighted by Gasteiger charge is -2.55. The Morgan fingerprint density at radius 2 is 2.00 bits per heavy atom. The smallest absolute Gasteiger partial charge is 0.408 e. The first-order valence-corrected chi connectivity index (χ1v) is 9.12. The third-order valence-electron chi connectivity index (χ3n) is 6.04. The van der Waals surface area contributed by atoms with Crippen LogP contribution in [0, 0.1) is 16.7 Å². The third-order valence-corrected chi connectivity index (χ3v) is 6.04. The van der Waals surface area contributed by atoms with Crippen LogP contribution < -0.4 is 4.74 Å². The summed E-state index contributed by atoms with van der Waals surface area (Å²) in [4.78, 5) is 13.3. The van der Waals surface area contributed by atoms with Crippen LogP contribution in [0.15, 0.2) is 42.6 Å². The van der Waals surface area contributed by atoms with Gasteiger partial charge >= 0.3 is 6.09 Å². The van der Waals surface area contributed by atoms with Crippen molar-refractivity contribution in [2.75, 3.05) is 6.54 Å². The highest BCUT2D eigenvalue weighted by Gasteiger charge is 2.60. The van der Waals surface area contributed by atoms with E-state index in [9.17, 15) is 15.2 Å². The van der Waals surface area contributed by atoms with Gasteiger partial charge in [0.05, 0.1) is 17.5 Å². The molecule has 2 aliphatic rings. The van der Waals surface area contributed by atoms with Gasteiger partial charge in [-0.2, -0.15) is 5.26 Å². The van der Waals surface area contributed by atoms with E-state index < -0.39 is 22.6 Å². The molecule has 6 heteroatoms. The first kappa shape index (κ1) is 17.5. The molecule has 1 amide bonds. The molecule has 0 radical (unpaired) electrons. The van der Waals surface area contributed by atoms with Crippen molar-refractivity contribution in [1.82, 2.24) is 9.47 Å². The number of carboxylic acid groups (broad SMARTS) is 1. The molecule has 0 bridgehead atoms. The van der Waals surface area contributed by atoms with Gasteiger partial charge in [0.2, 0.25) is 0 Å². The van der Waals surface area contributed by atoms with E-state index in [4.69, 9.17) is 4.74 Å². The van der Waals surface area contributed by atoms with E-state index in [-0.39, 0.29) is 13.0 Å². The van der Waals surface area contributed by atoms with Crippen molar-refractivity contribution in [2.24, 2.45) is 5.41 Å². The Balaban J connectivity index is 1.89. The van der Waals surface area contributed by atoms with Gasteiger partial charge in [0, 0.05) is 25.6 Å². The number of aromatic nitrogens is 1. The Morgan fingerprint density at radius 1 is 1.26 bits per heavy atom. The van der Waals surface area contributed by atoms with E-state index in [0.29, 0.717) is 6.42 Å². The topological polar surface area (TPSA) is 78.5 Å². The van der Waals surface area contributed by atoms with E-state index in [0.717, 1.165) is 17.1 Å². The van der Waals surface area contributed by atoms with Crippen LogP contribution in [0.3, 0.4) is 0 Å². The second kappa shape index (κ2) is 5.53. The van der Waals surface area contributed by atoms with Gasteiger partial charge in [0.15, 0.2) is 5.60 Å². The minimum Gasteiger partial charge on any atom is -0.479 e. The number of amides is 1. The molecule has 2 aliphatic heterocycles. The molecular formula is C21H23N3O3. The molecule has 1 N–H and O–H groups in total. The Bertz CT molecular complexity index is 952. The normalized spacial score (nSPS) is 26.7. The average molecular weight is 365 g/mol. The SMILES string of the molecule is CC(C)(C)C1(C#N)CC2(CCN1C(=O)O)Oc1ccccc1-n1cccc12. The van der Waals surface area contributed by atoms with Crippen molar-refractivity contribution in [1.29, 1.82) is 5.26 Å². The zero-order valence-electron chi connectivity index (χ0n) is 15.8. The molecule has 6 nitrogen and oxygen atoms in total. The predicted octanol–water partition coefficient (Wildman–Crippen LogP) is 4.15. The van der Waals surface area contributed by atoms with Crippen molar-refractivity contribution in [3.63, 3.8) is 0 Å². The van der Waals surface area contributed by atoms with Crippen molar-refractivity contribution in [3.05, 3.63) is 48.3 Å². The molecular weight excluding hydrogens is 342 g/mol. The van der Waals surface area contributed by atoms with Gasteiger partial charge in [0.25, 0.3) is 0 Å². The Morgan fingerprint density at radius 3 is 2.67 bits per heavy atom. The molecule has 27 heavy (non-hydrogen) atoms. The lowest BCUT2D eigenvalue weighted by atomic mass is 9.64. The molecule has 1 aromatic carbocycles. The number of nitrogens with zero attached hydrogens (tertiary/aromatic N) is 3. The number of piperidine rings is 1. The number of fused-ring (bicyclic) bond motifs is 4. The van der Waals surface area contributed by atoms with E-state index in [1.54, 1.807) is 0 Å². The summed E-state index contributed by atoms with van der Waals surface area (Å²) in [6.07, 6.45) is 1.71. The number of carbonyl (C=O) groups is 1. The maximum absolute atomic E-state index is 12.0. The highest BCUT2D eigenvalue weighted by atomic mass is 16.5. The van der Waals surface area contributed by atoms with Gasteiger partial charge in [-0.05, 0) is 29.7 Å². The van der Waals surface area contributed by atoms with Crippen LogP contribution in [0.25, 0.3) is 5.69 Å². The number of hydrogen-bond acceptors (Lipinski definition) is 3. The number of ether oxygens (including phenoxy) is 1. The van der Waals surface area contributed by atoms with Gasteiger partial charge in [-0.25, -0.2) is 4.79 Å². The van der Waals surface area contributed by atoms with Gasteiger partial charge < -0.3 is 14.4 Å². The second-order valence-corrected chi connectivity index (χ2v) is 8.41. The summed E-state index contributed by atoms with van der Waals surface area (Å²) < 4.78 is 8.63. The number of para-hydroxylation sites is 2. The summed E-state index contributed by atoms with van der Waals surface area (Å²) in [5.74, 6) is 0.755. The maximum Gasteiger partial charge on any atom is 0.408 e. The van der Waals surface area contributed by atoms with Crippen LogP contribution in [0.1, 0.15) is 39.3 Å². The Labute approximate surface area is 158 Å². The average Bonchev–Trinajstić information content (AvgIpc) is 3.11. The zero-order valence-corrected chi connectivity index (χ0v) is 15.8. The van der Waals surface area contributed by atoms with E-state index in [2.05, 4.69) is 10.6 Å². The van der Waals surface area contributed by atoms with Crippen LogP contribution in [0.2, 0.25) is 0 Å². The molecule has 1 saturated heterocycles. The molecule has 1 aromatic heterocycles. The third kappa shape index (κ3) is 2.27. The standard InChI is InChI=1S/C21H23N3O3/c1-19(2,3)21(14-22)13-20(10-12-24(21)18(25)26)17-9-6-11-23(17)15-7-4-5-8-16(15)27-20/h4-9,11H,10,12-13H2,1-3H3,(H,25,26). The van der Waals surface area contributed by atoms with Gasteiger partial charge in [-0.1, -0.05) is 32.9 Å². The van der Waals surface area contributed by atoms with E-state index >= 15 is 0 Å². The molecule has 2 unspecified atom stereocenters. The number of hydrogen-bond donors (Lipinski definition) is 1. The molecule has 2 atom stereocenters. The van der Waals surface area contributed by atoms with E-state index in [1.165, 1.54) is 4.90 Å². The molecule has 1 spiro atoms. The monoisotopic (exact) mass is 365 g/mol. The number of rotatable bonds is 0. The highest BCUT2D eigenvalue weighted by Crippen LogP contribution is 2.53. The fourth-order valence-electron chi connectivity index (χ4n) is 4.55. The van der Waals surface area contributed by atoms with E-state index in [1.807, 2.05) is 63.4 Å². The number of likely N-dealkylation sites (tertiary alicyclic amines) is 1. The summed E-state index contributed by atoms with van der Waals surface area (Å²) in [7, 11) is 0. The Hall–Kier alpha value is -2.94. The van der Waals surface area contributed by atoms with Crippen LogP contribution in [-0.4, -0.2) is 32.8 Å². The quantitative estimate of drug-likeness (QED) is 0.761. The molecule has 0 aliphatic carbocycles. The van der Waals surface area contributed by atoms with Gasteiger partial charge in [-0.3, -0.25) is 4.90 Å². The summed E-state index contributed by atoms with van der Waals surface area (Å²) in [6.45, 7) is 6.00. The van der Waals surface area contributed by atoms with Crippen LogP contribution in [0.5, 0.6) is 5.75 Å². The highest BCUT2D eigenvalue weighted by molar-refractivity contribution is 5.68. The minimum absolute atomic E-state index is 0.244. The molecule has 3 heterocycles. The summed E-state index contributed by atoms with van der Waals surface area (Å²) in [5.41, 5.74) is -0.589. The number of nitriles is 1. The number of benzene rings is 1. The van der Waals surface area contributed by atoms with Crippen LogP contribution in [-0.2, 0) is 5.60 Å². The lowest BCUT2D eigenvalue weighted by Crippen LogP contribution is -2.66. The first-order chi connectivity index (χ1) is 12.7. The fraction of sp³-hybridized carbons (Fsp3) is 0.429. The second-order valence-electron chi connectivity index (χ2n) is 8.41. The predicted molar refractivity (Wildman–Crippen MR) is 99.8 cm³/mol. The zero-order chi connectivity index (χ0) is 19.4. The molecule has 2 aromatic rings. The molecule has 4 rings (SSSR count). The van der Waals surface area contributed by atoms with Gasteiger partial charge in [-0.15, -0.1) is 0 Å². The molecule has 1 fully saturated rings. The van der Waals surface area contributed by atoms with Crippen molar-refractivity contribution in [3.8, 4) is 17.5 Å². The van der Waals surface area contributed by atoms with Crippen LogP contribution >= 0.6 is 0 Å². The van der Waals surface area contributed by atoms with Gasteiger partial charge in [0.1, 0.15) is 11.3 Å². The van der Waals surface area contributed by atoms with Crippen molar-refractivity contribution < 1.29 is 14.6 Å². The first-order valence-electron chi connectivity index (χ1n) is 9.12. The van der Waals surface area contributed by atoms with Crippen molar-refractivity contribution in [2.45, 2.75) is 44.8 Å². The maximum atomic E-state index is 12.0. The molecule has 0 saturated carbocycles. The lowest BCUT2D eigenvalue weighted by molar-refractivity contribution is -0.0878. The fourth-order valence-corrected chi connectivity index (χ4v) is 4.55. The summed E-state index contributed by atoms with van der Waals surface area (Å²) in [5, 5.41) is 20.0. The minimum atomic E-state index is -1.20.